The minimum absolute atomic E-state index is 0.228. The molecule has 0 saturated carbocycles. The van der Waals surface area contributed by atoms with E-state index in [0.29, 0.717) is 0 Å². The van der Waals surface area contributed by atoms with E-state index in [4.69, 9.17) is 0 Å². The lowest BCUT2D eigenvalue weighted by molar-refractivity contribution is 0.661. The summed E-state index contributed by atoms with van der Waals surface area (Å²) < 4.78 is 0. The molecule has 0 saturated heterocycles. The van der Waals surface area contributed by atoms with Gasteiger partial charge in [-0.1, -0.05) is 202 Å². The zero-order valence-electron chi connectivity index (χ0n) is 37.0. The fraction of sp³-hybridized carbons (Fsp3) is 0.0625. The van der Waals surface area contributed by atoms with Crippen LogP contribution >= 0.6 is 0 Å². The van der Waals surface area contributed by atoms with Crippen molar-refractivity contribution in [3.63, 3.8) is 0 Å². The van der Waals surface area contributed by atoms with Crippen LogP contribution in [0.4, 0.5) is 34.1 Å². The molecule has 2 nitrogen and oxygen atoms in total. The summed E-state index contributed by atoms with van der Waals surface area (Å²) in [6.07, 6.45) is 0. The van der Waals surface area contributed by atoms with Crippen molar-refractivity contribution in [1.82, 2.24) is 0 Å². The Labute approximate surface area is 387 Å². The number of benzene rings is 10. The number of nitrogens with zero attached hydrogens (tertiary/aromatic N) is 2. The standard InChI is InChI=1S/C64H46N2/c1-63(2)53-31-12-9-29-50(53)52-30-20-38-61(62(52)63)66(47-26-19-23-44(41-47)43-21-5-3-6-22-43)58-35-16-11-27-48(58)45-39-40-51-49-28-10-13-32-54(49)64(57(51)42-45)55-33-14-17-36-59(55)65(46-24-7-4-8-25-46)60-37-18-15-34-56(60)64/h3-42H,1-2H3. The predicted octanol–water partition coefficient (Wildman–Crippen LogP) is 16.9. The summed E-state index contributed by atoms with van der Waals surface area (Å²) in [5.74, 6) is 0. The molecule has 0 fully saturated rings. The number of para-hydroxylation sites is 4. The molecule has 1 heterocycles. The summed E-state index contributed by atoms with van der Waals surface area (Å²) in [6, 6.07) is 90.1. The van der Waals surface area contributed by atoms with Crippen LogP contribution in [0.25, 0.3) is 44.5 Å². The Morgan fingerprint density at radius 1 is 0.333 bits per heavy atom. The summed E-state index contributed by atoms with van der Waals surface area (Å²) in [5, 5.41) is 0. The molecule has 2 aliphatic carbocycles. The lowest BCUT2D eigenvalue weighted by Crippen LogP contribution is -2.36. The van der Waals surface area contributed by atoms with Crippen LogP contribution in [0.1, 0.15) is 47.2 Å². The van der Waals surface area contributed by atoms with Crippen molar-refractivity contribution in [3.05, 3.63) is 276 Å². The number of hydrogen-bond donors (Lipinski definition) is 0. The van der Waals surface area contributed by atoms with Gasteiger partial charge in [0.15, 0.2) is 0 Å². The Kier molecular flexibility index (Phi) is 8.51. The molecule has 1 aliphatic heterocycles. The normalized spacial score (nSPS) is 14.1. The number of rotatable bonds is 6. The average Bonchev–Trinajstić information content (AvgIpc) is 3.80. The minimum Gasteiger partial charge on any atom is -0.310 e. The molecule has 0 atom stereocenters. The lowest BCUT2D eigenvalue weighted by atomic mass is 9.64. The van der Waals surface area contributed by atoms with Crippen molar-refractivity contribution in [3.8, 4) is 44.5 Å². The molecular formula is C64H46N2. The average molecular weight is 843 g/mol. The van der Waals surface area contributed by atoms with E-state index in [1.54, 1.807) is 0 Å². The van der Waals surface area contributed by atoms with Crippen molar-refractivity contribution in [2.75, 3.05) is 9.80 Å². The van der Waals surface area contributed by atoms with Crippen LogP contribution < -0.4 is 9.80 Å². The van der Waals surface area contributed by atoms with Crippen molar-refractivity contribution in [2.45, 2.75) is 24.7 Å². The van der Waals surface area contributed by atoms with Crippen LogP contribution in [-0.4, -0.2) is 0 Å². The minimum atomic E-state index is -0.560. The summed E-state index contributed by atoms with van der Waals surface area (Å²) >= 11 is 0. The van der Waals surface area contributed by atoms with E-state index >= 15 is 0 Å². The largest absolute Gasteiger partial charge is 0.310 e. The maximum Gasteiger partial charge on any atom is 0.0754 e. The summed E-state index contributed by atoms with van der Waals surface area (Å²) in [6.45, 7) is 4.78. The van der Waals surface area contributed by atoms with Gasteiger partial charge >= 0.3 is 0 Å². The molecule has 2 heteroatoms. The van der Waals surface area contributed by atoms with Crippen LogP contribution in [0, 0.1) is 0 Å². The van der Waals surface area contributed by atoms with Gasteiger partial charge in [-0.2, -0.15) is 0 Å². The summed E-state index contributed by atoms with van der Waals surface area (Å²) in [7, 11) is 0. The third-order valence-electron chi connectivity index (χ3n) is 14.6. The van der Waals surface area contributed by atoms with Crippen LogP contribution in [0.5, 0.6) is 0 Å². The maximum absolute atomic E-state index is 2.54. The van der Waals surface area contributed by atoms with Gasteiger partial charge in [-0.15, -0.1) is 0 Å². The highest BCUT2D eigenvalue weighted by Gasteiger charge is 2.52. The molecule has 1 spiro atoms. The van der Waals surface area contributed by atoms with Crippen LogP contribution in [0.3, 0.4) is 0 Å². The first kappa shape index (κ1) is 38.3. The predicted molar refractivity (Wildman–Crippen MR) is 275 cm³/mol. The molecule has 10 aromatic rings. The number of hydrogen-bond acceptors (Lipinski definition) is 2. The van der Waals surface area contributed by atoms with Crippen molar-refractivity contribution >= 4 is 34.1 Å². The lowest BCUT2D eigenvalue weighted by Gasteiger charge is -2.45. The zero-order valence-corrected chi connectivity index (χ0v) is 37.0. The molecule has 0 radical (unpaired) electrons. The van der Waals surface area contributed by atoms with E-state index in [-0.39, 0.29) is 5.41 Å². The molecular weight excluding hydrogens is 797 g/mol. The van der Waals surface area contributed by atoms with Crippen molar-refractivity contribution in [1.29, 1.82) is 0 Å². The summed E-state index contributed by atoms with van der Waals surface area (Å²) in [5.41, 5.74) is 24.0. The smallest absolute Gasteiger partial charge is 0.0754 e. The first-order chi connectivity index (χ1) is 32.5. The van der Waals surface area contributed by atoms with E-state index in [1.165, 1.54) is 95.0 Å². The van der Waals surface area contributed by atoms with Crippen molar-refractivity contribution in [2.24, 2.45) is 0 Å². The number of fused-ring (bicyclic) bond motifs is 12. The van der Waals surface area contributed by atoms with E-state index in [1.807, 2.05) is 0 Å². The zero-order chi connectivity index (χ0) is 44.0. The van der Waals surface area contributed by atoms with Crippen LogP contribution in [0.15, 0.2) is 243 Å². The second-order valence-electron chi connectivity index (χ2n) is 18.4. The maximum atomic E-state index is 2.54. The van der Waals surface area contributed by atoms with Gasteiger partial charge in [0.2, 0.25) is 0 Å². The van der Waals surface area contributed by atoms with Gasteiger partial charge < -0.3 is 9.80 Å². The van der Waals surface area contributed by atoms with Gasteiger partial charge in [-0.3, -0.25) is 0 Å². The highest BCUT2D eigenvalue weighted by molar-refractivity contribution is 5.99. The monoisotopic (exact) mass is 842 g/mol. The van der Waals surface area contributed by atoms with E-state index in [2.05, 4.69) is 266 Å². The van der Waals surface area contributed by atoms with E-state index in [9.17, 15) is 0 Å². The van der Waals surface area contributed by atoms with Gasteiger partial charge in [-0.25, -0.2) is 0 Å². The first-order valence-corrected chi connectivity index (χ1v) is 23.1. The molecule has 0 aromatic heterocycles. The third kappa shape index (κ3) is 5.42. The Morgan fingerprint density at radius 3 is 1.58 bits per heavy atom. The Hall–Kier alpha value is -8.20. The van der Waals surface area contributed by atoms with E-state index < -0.39 is 5.41 Å². The second kappa shape index (κ2) is 14.7. The third-order valence-corrected chi connectivity index (χ3v) is 14.6. The van der Waals surface area contributed by atoms with Crippen molar-refractivity contribution < 1.29 is 0 Å². The molecule has 0 unspecified atom stereocenters. The quantitative estimate of drug-likeness (QED) is 0.165. The Bertz CT molecular complexity index is 3480. The molecule has 0 bridgehead atoms. The van der Waals surface area contributed by atoms with E-state index in [0.717, 1.165) is 17.1 Å². The Morgan fingerprint density at radius 2 is 0.848 bits per heavy atom. The molecule has 66 heavy (non-hydrogen) atoms. The van der Waals surface area contributed by atoms with Gasteiger partial charge in [-0.05, 0) is 127 Å². The molecule has 0 amide bonds. The highest BCUT2D eigenvalue weighted by Crippen LogP contribution is 2.64. The van der Waals surface area contributed by atoms with Crippen LogP contribution in [-0.2, 0) is 10.8 Å². The molecule has 0 N–H and O–H groups in total. The fourth-order valence-corrected chi connectivity index (χ4v) is 11.9. The molecule has 312 valence electrons. The second-order valence-corrected chi connectivity index (χ2v) is 18.4. The highest BCUT2D eigenvalue weighted by atomic mass is 15.2. The molecule has 3 aliphatic rings. The van der Waals surface area contributed by atoms with Crippen LogP contribution in [0.2, 0.25) is 0 Å². The molecule has 10 aromatic carbocycles. The van der Waals surface area contributed by atoms with Gasteiger partial charge in [0, 0.05) is 22.4 Å². The topological polar surface area (TPSA) is 6.48 Å². The SMILES string of the molecule is CC1(C)c2ccccc2-c2cccc(N(c3cccc(-c4ccccc4)c3)c3ccccc3-c3ccc4c(c3)C3(c5ccccc5-4)c4ccccc4N(c4ccccc4)c4ccccc43)c21. The Balaban J connectivity index is 1.06. The van der Waals surface area contributed by atoms with Gasteiger partial charge in [0.1, 0.15) is 0 Å². The molecule has 13 rings (SSSR count). The first-order valence-electron chi connectivity index (χ1n) is 23.1. The van der Waals surface area contributed by atoms with Gasteiger partial charge in [0.25, 0.3) is 0 Å². The number of anilines is 6. The van der Waals surface area contributed by atoms with Gasteiger partial charge in [0.05, 0.1) is 28.2 Å². The summed E-state index contributed by atoms with van der Waals surface area (Å²) in [4.78, 5) is 4.99. The fourth-order valence-electron chi connectivity index (χ4n) is 11.9.